The van der Waals surface area contributed by atoms with Crippen molar-refractivity contribution >= 4 is 17.7 Å². The smallest absolute Gasteiger partial charge is 0.232 e. The predicted octanol–water partition coefficient (Wildman–Crippen LogP) is 2.66. The van der Waals surface area contributed by atoms with Gasteiger partial charge in [0.1, 0.15) is 6.54 Å². The Balaban J connectivity index is 2.08. The molecule has 1 aliphatic rings. The van der Waals surface area contributed by atoms with Gasteiger partial charge < -0.3 is 14.7 Å². The van der Waals surface area contributed by atoms with Crippen LogP contribution in [0.1, 0.15) is 53.3 Å². The van der Waals surface area contributed by atoms with E-state index in [0.29, 0.717) is 18.3 Å². The van der Waals surface area contributed by atoms with E-state index in [9.17, 15) is 0 Å². The van der Waals surface area contributed by atoms with Gasteiger partial charge in [-0.3, -0.25) is 0 Å². The normalized spacial score (nSPS) is 19.0. The number of thioether (sulfide) groups is 1. The van der Waals surface area contributed by atoms with E-state index in [4.69, 9.17) is 9.52 Å². The second kappa shape index (κ2) is 7.11. The highest BCUT2D eigenvalue weighted by Gasteiger charge is 2.28. The molecular formula is C16H29N5OS. The molecule has 0 spiro atoms. The minimum atomic E-state index is -0.131. The summed E-state index contributed by atoms with van der Waals surface area (Å²) in [5.74, 6) is 3.34. The first-order valence-corrected chi connectivity index (χ1v) is 9.20. The molecule has 130 valence electrons. The lowest BCUT2D eigenvalue weighted by Crippen LogP contribution is -2.50. The van der Waals surface area contributed by atoms with Gasteiger partial charge in [0.15, 0.2) is 11.8 Å². The second-order valence-electron chi connectivity index (χ2n) is 7.47. The highest BCUT2D eigenvalue weighted by atomic mass is 32.2. The zero-order valence-corrected chi connectivity index (χ0v) is 16.0. The van der Waals surface area contributed by atoms with Gasteiger partial charge in [-0.25, -0.2) is 4.99 Å². The standard InChI is InChI=1S/C16H29N5OS/c1-7-17-14(21-8-9-23-16(5,6)11-21)18-10-12-19-13(22-20-12)15(2,3)4/h7-11H2,1-6H3,(H,17,18). The second-order valence-corrected chi connectivity index (χ2v) is 9.27. The quantitative estimate of drug-likeness (QED) is 0.674. The Morgan fingerprint density at radius 3 is 2.74 bits per heavy atom. The van der Waals surface area contributed by atoms with Gasteiger partial charge in [-0.15, -0.1) is 0 Å². The molecule has 0 aromatic carbocycles. The molecule has 2 rings (SSSR count). The Morgan fingerprint density at radius 2 is 2.17 bits per heavy atom. The molecule has 1 fully saturated rings. The average molecular weight is 340 g/mol. The number of guanidine groups is 1. The molecule has 7 heteroatoms. The van der Waals surface area contributed by atoms with E-state index in [1.807, 2.05) is 11.8 Å². The fraction of sp³-hybridized carbons (Fsp3) is 0.812. The molecule has 1 aromatic heterocycles. The molecule has 0 aliphatic carbocycles. The third-order valence-corrected chi connectivity index (χ3v) is 4.84. The van der Waals surface area contributed by atoms with Crippen LogP contribution in [0.15, 0.2) is 9.52 Å². The third kappa shape index (κ3) is 5.12. The summed E-state index contributed by atoms with van der Waals surface area (Å²) < 4.78 is 5.58. The fourth-order valence-electron chi connectivity index (χ4n) is 2.39. The maximum atomic E-state index is 5.33. The summed E-state index contributed by atoms with van der Waals surface area (Å²) in [7, 11) is 0. The van der Waals surface area contributed by atoms with Crippen LogP contribution in [0, 0.1) is 0 Å². The summed E-state index contributed by atoms with van der Waals surface area (Å²) in [6.07, 6.45) is 0. The number of nitrogens with zero attached hydrogens (tertiary/aromatic N) is 4. The van der Waals surface area contributed by atoms with Crippen molar-refractivity contribution in [3.05, 3.63) is 11.7 Å². The van der Waals surface area contributed by atoms with E-state index in [1.165, 1.54) is 0 Å². The van der Waals surface area contributed by atoms with Gasteiger partial charge >= 0.3 is 0 Å². The number of aromatic nitrogens is 2. The Hall–Kier alpha value is -1.24. The maximum Gasteiger partial charge on any atom is 0.232 e. The molecule has 2 heterocycles. The molecule has 0 amide bonds. The van der Waals surface area contributed by atoms with Crippen LogP contribution < -0.4 is 5.32 Å². The van der Waals surface area contributed by atoms with Crippen LogP contribution in [0.2, 0.25) is 0 Å². The van der Waals surface area contributed by atoms with Crippen LogP contribution in [0.4, 0.5) is 0 Å². The summed E-state index contributed by atoms with van der Waals surface area (Å²) in [6.45, 7) is 16.1. The largest absolute Gasteiger partial charge is 0.357 e. The van der Waals surface area contributed by atoms with E-state index in [-0.39, 0.29) is 10.2 Å². The first-order valence-electron chi connectivity index (χ1n) is 8.21. The Labute approximate surface area is 143 Å². The summed E-state index contributed by atoms with van der Waals surface area (Å²) in [4.78, 5) is 11.5. The third-order valence-electron chi connectivity index (χ3n) is 3.54. The monoisotopic (exact) mass is 339 g/mol. The van der Waals surface area contributed by atoms with Gasteiger partial charge in [-0.2, -0.15) is 16.7 Å². The van der Waals surface area contributed by atoms with Crippen molar-refractivity contribution in [2.24, 2.45) is 4.99 Å². The molecule has 0 saturated carbocycles. The van der Waals surface area contributed by atoms with Crippen molar-refractivity contribution in [1.82, 2.24) is 20.4 Å². The van der Waals surface area contributed by atoms with Crippen LogP contribution in [0.5, 0.6) is 0 Å². The first kappa shape index (κ1) is 18.1. The molecule has 0 bridgehead atoms. The Kier molecular flexibility index (Phi) is 5.60. The lowest BCUT2D eigenvalue weighted by Gasteiger charge is -2.39. The molecule has 0 unspecified atom stereocenters. The van der Waals surface area contributed by atoms with Crippen LogP contribution in [0.25, 0.3) is 0 Å². The van der Waals surface area contributed by atoms with Gasteiger partial charge in [0, 0.05) is 35.5 Å². The summed E-state index contributed by atoms with van der Waals surface area (Å²) in [5, 5.41) is 7.42. The molecule has 1 N–H and O–H groups in total. The molecule has 1 saturated heterocycles. The van der Waals surface area contributed by atoms with Gasteiger partial charge in [0.05, 0.1) is 0 Å². The van der Waals surface area contributed by atoms with Crippen LogP contribution in [-0.2, 0) is 12.0 Å². The fourth-order valence-corrected chi connectivity index (χ4v) is 3.50. The first-order chi connectivity index (χ1) is 10.7. The van der Waals surface area contributed by atoms with Crippen molar-refractivity contribution in [2.45, 2.75) is 58.2 Å². The molecule has 23 heavy (non-hydrogen) atoms. The maximum absolute atomic E-state index is 5.33. The van der Waals surface area contributed by atoms with Gasteiger partial charge in [0.2, 0.25) is 5.89 Å². The molecule has 6 nitrogen and oxygen atoms in total. The molecular weight excluding hydrogens is 310 g/mol. The van der Waals surface area contributed by atoms with Crippen LogP contribution in [0.3, 0.4) is 0 Å². The van der Waals surface area contributed by atoms with Gasteiger partial charge in [-0.1, -0.05) is 25.9 Å². The van der Waals surface area contributed by atoms with E-state index in [1.54, 1.807) is 0 Å². The van der Waals surface area contributed by atoms with Crippen molar-refractivity contribution in [3.63, 3.8) is 0 Å². The molecule has 1 aromatic rings. The number of rotatable bonds is 3. The van der Waals surface area contributed by atoms with E-state index in [0.717, 1.165) is 31.3 Å². The average Bonchev–Trinajstić information content (AvgIpc) is 2.91. The zero-order valence-electron chi connectivity index (χ0n) is 15.1. The van der Waals surface area contributed by atoms with Crippen LogP contribution in [-0.4, -0.2) is 51.1 Å². The number of hydrogen-bond donors (Lipinski definition) is 1. The van der Waals surface area contributed by atoms with E-state index in [2.05, 4.69) is 61.9 Å². The van der Waals surface area contributed by atoms with Crippen molar-refractivity contribution in [3.8, 4) is 0 Å². The van der Waals surface area contributed by atoms with Crippen molar-refractivity contribution in [1.29, 1.82) is 0 Å². The highest BCUT2D eigenvalue weighted by Crippen LogP contribution is 2.29. The lowest BCUT2D eigenvalue weighted by molar-refractivity contribution is 0.318. The zero-order chi connectivity index (χ0) is 17.1. The lowest BCUT2D eigenvalue weighted by atomic mass is 9.97. The Morgan fingerprint density at radius 1 is 1.43 bits per heavy atom. The van der Waals surface area contributed by atoms with Crippen LogP contribution >= 0.6 is 11.8 Å². The van der Waals surface area contributed by atoms with E-state index >= 15 is 0 Å². The topological polar surface area (TPSA) is 66.5 Å². The summed E-state index contributed by atoms with van der Waals surface area (Å²) in [6, 6.07) is 0. The highest BCUT2D eigenvalue weighted by molar-refractivity contribution is 8.00. The summed E-state index contributed by atoms with van der Waals surface area (Å²) >= 11 is 2.02. The molecule has 0 radical (unpaired) electrons. The van der Waals surface area contributed by atoms with Gasteiger partial charge in [0.25, 0.3) is 0 Å². The van der Waals surface area contributed by atoms with Crippen molar-refractivity contribution in [2.75, 3.05) is 25.4 Å². The number of hydrogen-bond acceptors (Lipinski definition) is 5. The minimum Gasteiger partial charge on any atom is -0.357 e. The SMILES string of the molecule is CCNC(=NCc1noc(C(C)(C)C)n1)N1CCSC(C)(C)C1. The number of aliphatic imine (C=N–C) groups is 1. The molecule has 1 aliphatic heterocycles. The summed E-state index contributed by atoms with van der Waals surface area (Å²) in [5.41, 5.74) is -0.131. The number of nitrogens with one attached hydrogen (secondary N) is 1. The molecule has 0 atom stereocenters. The van der Waals surface area contributed by atoms with Crippen molar-refractivity contribution < 1.29 is 4.52 Å². The minimum absolute atomic E-state index is 0.131. The Bertz CT molecular complexity index is 547. The van der Waals surface area contributed by atoms with E-state index < -0.39 is 0 Å². The van der Waals surface area contributed by atoms with Gasteiger partial charge in [-0.05, 0) is 20.8 Å². The predicted molar refractivity (Wildman–Crippen MR) is 95.9 cm³/mol.